The first-order valence-electron chi connectivity index (χ1n) is 10.6. The summed E-state index contributed by atoms with van der Waals surface area (Å²) in [5.41, 5.74) is 3.42. The van der Waals surface area contributed by atoms with Crippen molar-refractivity contribution in [3.8, 4) is 0 Å². The zero-order chi connectivity index (χ0) is 21.6. The van der Waals surface area contributed by atoms with E-state index in [1.165, 1.54) is 0 Å². The Morgan fingerprint density at radius 2 is 1.83 bits per heavy atom. The highest BCUT2D eigenvalue weighted by Gasteiger charge is 2.43. The molecule has 160 valence electrons. The topological polar surface area (TPSA) is 55.4 Å². The number of halogens is 2. The minimum Gasteiger partial charge on any atom is -0.459 e. The highest BCUT2D eigenvalue weighted by Crippen LogP contribution is 2.47. The third-order valence-electron chi connectivity index (χ3n) is 6.31. The smallest absolute Gasteiger partial charge is 0.337 e. The van der Waals surface area contributed by atoms with Crippen LogP contribution in [0.1, 0.15) is 70.8 Å². The van der Waals surface area contributed by atoms with Gasteiger partial charge in [0.05, 0.1) is 15.6 Å². The van der Waals surface area contributed by atoms with Crippen molar-refractivity contribution in [3.05, 3.63) is 56.3 Å². The normalized spacial score (nSPS) is 24.0. The van der Waals surface area contributed by atoms with Gasteiger partial charge in [-0.25, -0.2) is 4.79 Å². The van der Waals surface area contributed by atoms with Gasteiger partial charge in [-0.2, -0.15) is 0 Å². The number of nitrogens with one attached hydrogen (secondary N) is 1. The van der Waals surface area contributed by atoms with E-state index in [2.05, 4.69) is 19.2 Å². The summed E-state index contributed by atoms with van der Waals surface area (Å²) in [5, 5.41) is 4.21. The number of ether oxygens (including phenoxy) is 1. The number of rotatable bonds is 3. The number of carbonyl (C=O) groups excluding carboxylic acids is 2. The molecule has 3 aliphatic rings. The van der Waals surface area contributed by atoms with Crippen LogP contribution in [0.3, 0.4) is 0 Å². The van der Waals surface area contributed by atoms with Gasteiger partial charge in [-0.1, -0.05) is 43.1 Å². The van der Waals surface area contributed by atoms with E-state index in [1.54, 1.807) is 12.1 Å². The fourth-order valence-electron chi connectivity index (χ4n) is 4.95. The zero-order valence-corrected chi connectivity index (χ0v) is 19.1. The lowest BCUT2D eigenvalue weighted by molar-refractivity contribution is -0.144. The predicted molar refractivity (Wildman–Crippen MR) is 118 cm³/mol. The van der Waals surface area contributed by atoms with Crippen molar-refractivity contribution in [2.45, 2.75) is 71.3 Å². The molecule has 6 heteroatoms. The molecule has 0 amide bonds. The Hall–Kier alpha value is -1.78. The number of carbonyl (C=O) groups is 2. The highest BCUT2D eigenvalue weighted by molar-refractivity contribution is 6.42. The fourth-order valence-corrected chi connectivity index (χ4v) is 5.26. The molecule has 1 aromatic carbocycles. The second kappa shape index (κ2) is 8.05. The SMILES string of the molecule is CC1=C(C(=O)OC2CCCC2)[C@@H](c2ccc(Cl)c(Cl)c2)C2=C(CC(C)(C)CC2=O)N1. The third-order valence-corrected chi connectivity index (χ3v) is 7.05. The molecule has 0 saturated heterocycles. The number of Topliss-reactive ketones (excluding diaryl/α,β-unsaturated/α-hetero) is 1. The van der Waals surface area contributed by atoms with Crippen LogP contribution in [0.25, 0.3) is 0 Å². The highest BCUT2D eigenvalue weighted by atomic mass is 35.5. The first-order chi connectivity index (χ1) is 14.2. The van der Waals surface area contributed by atoms with Crippen molar-refractivity contribution in [2.24, 2.45) is 5.41 Å². The molecule has 0 radical (unpaired) electrons. The van der Waals surface area contributed by atoms with Crippen molar-refractivity contribution in [1.29, 1.82) is 0 Å². The van der Waals surface area contributed by atoms with Crippen LogP contribution >= 0.6 is 23.2 Å². The van der Waals surface area contributed by atoms with Gasteiger partial charge in [0.25, 0.3) is 0 Å². The molecule has 1 N–H and O–H groups in total. The van der Waals surface area contributed by atoms with Crippen molar-refractivity contribution >= 4 is 35.0 Å². The fraction of sp³-hybridized carbons (Fsp3) is 0.500. The maximum Gasteiger partial charge on any atom is 0.337 e. The van der Waals surface area contributed by atoms with Gasteiger partial charge in [-0.15, -0.1) is 0 Å². The van der Waals surface area contributed by atoms with Crippen molar-refractivity contribution in [1.82, 2.24) is 5.32 Å². The van der Waals surface area contributed by atoms with E-state index in [0.29, 0.717) is 27.6 Å². The van der Waals surface area contributed by atoms with Crippen molar-refractivity contribution < 1.29 is 14.3 Å². The summed E-state index contributed by atoms with van der Waals surface area (Å²) in [5.74, 6) is -0.802. The van der Waals surface area contributed by atoms with Crippen LogP contribution in [0.4, 0.5) is 0 Å². The molecule has 1 fully saturated rings. The van der Waals surface area contributed by atoms with Crippen LogP contribution in [0.15, 0.2) is 40.7 Å². The van der Waals surface area contributed by atoms with Gasteiger partial charge in [-0.3, -0.25) is 4.79 Å². The van der Waals surface area contributed by atoms with Crippen molar-refractivity contribution in [3.63, 3.8) is 0 Å². The molecule has 30 heavy (non-hydrogen) atoms. The largest absolute Gasteiger partial charge is 0.459 e. The van der Waals surface area contributed by atoms with Gasteiger partial charge in [-0.05, 0) is 62.1 Å². The first kappa shape index (κ1) is 21.5. The second-order valence-corrected chi connectivity index (χ2v) is 10.2. The lowest BCUT2D eigenvalue weighted by atomic mass is 9.68. The molecule has 0 bridgehead atoms. The number of ketones is 1. The minimum atomic E-state index is -0.506. The molecule has 1 heterocycles. The molecule has 1 saturated carbocycles. The monoisotopic (exact) mass is 447 g/mol. The van der Waals surface area contributed by atoms with Crippen LogP contribution in [0.5, 0.6) is 0 Å². The summed E-state index contributed by atoms with van der Waals surface area (Å²) in [6, 6.07) is 5.32. The second-order valence-electron chi connectivity index (χ2n) is 9.42. The minimum absolute atomic E-state index is 0.0522. The van der Waals surface area contributed by atoms with Crippen LogP contribution < -0.4 is 5.32 Å². The lowest BCUT2D eigenvalue weighted by Crippen LogP contribution is -2.39. The molecular formula is C24H27Cl2NO3. The van der Waals surface area contributed by atoms with E-state index in [9.17, 15) is 9.59 Å². The number of allylic oxidation sites excluding steroid dienone is 3. The summed E-state index contributed by atoms with van der Waals surface area (Å²) in [4.78, 5) is 26.6. The van der Waals surface area contributed by atoms with Gasteiger partial charge in [0.1, 0.15) is 6.10 Å². The van der Waals surface area contributed by atoms with Gasteiger partial charge in [0.15, 0.2) is 5.78 Å². The van der Waals surface area contributed by atoms with Crippen LogP contribution in [-0.2, 0) is 14.3 Å². The number of hydrogen-bond donors (Lipinski definition) is 1. The van der Waals surface area contributed by atoms with Crippen molar-refractivity contribution in [2.75, 3.05) is 0 Å². The van der Waals surface area contributed by atoms with E-state index in [4.69, 9.17) is 27.9 Å². The summed E-state index contributed by atoms with van der Waals surface area (Å²) < 4.78 is 5.85. The standard InChI is InChI=1S/C24H27Cl2NO3/c1-13-20(23(29)30-15-6-4-5-7-15)21(14-8-9-16(25)17(26)10-14)22-18(27-13)11-24(2,3)12-19(22)28/h8-10,15,21,27H,4-7,11-12H2,1-3H3/t21-/m1/s1. The molecule has 4 rings (SSSR count). The zero-order valence-electron chi connectivity index (χ0n) is 17.6. The van der Waals surface area contributed by atoms with Gasteiger partial charge >= 0.3 is 5.97 Å². The number of hydrogen-bond acceptors (Lipinski definition) is 4. The van der Waals surface area contributed by atoms with E-state index in [-0.39, 0.29) is 23.3 Å². The van der Waals surface area contributed by atoms with E-state index in [1.807, 2.05) is 13.0 Å². The Bertz CT molecular complexity index is 971. The Morgan fingerprint density at radius 3 is 2.50 bits per heavy atom. The maximum absolute atomic E-state index is 13.3. The Kier molecular flexibility index (Phi) is 5.75. The Morgan fingerprint density at radius 1 is 1.13 bits per heavy atom. The molecule has 1 atom stereocenters. The molecule has 1 aliphatic heterocycles. The van der Waals surface area contributed by atoms with E-state index in [0.717, 1.165) is 49.1 Å². The summed E-state index contributed by atoms with van der Waals surface area (Å²) in [6.45, 7) is 6.06. The summed E-state index contributed by atoms with van der Waals surface area (Å²) in [6.07, 6.45) is 5.07. The number of esters is 1. The molecule has 0 unspecified atom stereocenters. The molecule has 0 spiro atoms. The quantitative estimate of drug-likeness (QED) is 0.569. The predicted octanol–water partition coefficient (Wildman–Crippen LogP) is 6.08. The molecule has 2 aliphatic carbocycles. The maximum atomic E-state index is 13.3. The van der Waals surface area contributed by atoms with E-state index < -0.39 is 5.92 Å². The van der Waals surface area contributed by atoms with Gasteiger partial charge in [0, 0.05) is 29.3 Å². The summed E-state index contributed by atoms with van der Waals surface area (Å²) in [7, 11) is 0. The lowest BCUT2D eigenvalue weighted by Gasteiger charge is -2.39. The Balaban J connectivity index is 1.80. The van der Waals surface area contributed by atoms with Crippen LogP contribution in [0.2, 0.25) is 10.0 Å². The molecule has 1 aromatic rings. The third kappa shape index (κ3) is 4.04. The number of benzene rings is 1. The molecule has 4 nitrogen and oxygen atoms in total. The molecule has 0 aromatic heterocycles. The molecular weight excluding hydrogens is 421 g/mol. The summed E-state index contributed by atoms with van der Waals surface area (Å²) >= 11 is 12.4. The number of dihydropyridines is 1. The van der Waals surface area contributed by atoms with Crippen LogP contribution in [0, 0.1) is 5.41 Å². The first-order valence-corrected chi connectivity index (χ1v) is 11.3. The Labute approximate surface area is 187 Å². The average molecular weight is 448 g/mol. The van der Waals surface area contributed by atoms with Crippen LogP contribution in [-0.4, -0.2) is 17.9 Å². The average Bonchev–Trinajstić information content (AvgIpc) is 3.14. The van der Waals surface area contributed by atoms with Gasteiger partial charge in [0.2, 0.25) is 0 Å². The van der Waals surface area contributed by atoms with Gasteiger partial charge < -0.3 is 10.1 Å². The van der Waals surface area contributed by atoms with E-state index >= 15 is 0 Å².